The van der Waals surface area contributed by atoms with Crippen molar-refractivity contribution >= 4 is 0 Å². The molecule has 2 heterocycles. The molecule has 2 fully saturated rings. The van der Waals surface area contributed by atoms with E-state index in [0.29, 0.717) is 6.04 Å². The second-order valence-electron chi connectivity index (χ2n) is 3.40. The van der Waals surface area contributed by atoms with Crippen molar-refractivity contribution in [3.8, 4) is 0 Å². The van der Waals surface area contributed by atoms with Gasteiger partial charge in [-0.15, -0.1) is 0 Å². The lowest BCUT2D eigenvalue weighted by molar-refractivity contribution is 0.0918. The second kappa shape index (κ2) is 2.19. The third-order valence-corrected chi connectivity index (χ3v) is 2.52. The molecule has 2 saturated heterocycles. The third-order valence-electron chi connectivity index (χ3n) is 2.52. The number of rotatable bonds is 0. The molecule has 3 N–H and O–H groups in total. The zero-order valence-electron chi connectivity index (χ0n) is 5.83. The van der Waals surface area contributed by atoms with Crippen LogP contribution >= 0.6 is 0 Å². The van der Waals surface area contributed by atoms with Gasteiger partial charge in [-0.25, -0.2) is 0 Å². The van der Waals surface area contributed by atoms with E-state index in [4.69, 9.17) is 0 Å². The van der Waals surface area contributed by atoms with Crippen LogP contribution in [0.4, 0.5) is 0 Å². The molecule has 0 aromatic rings. The minimum absolute atomic E-state index is 0.161. The van der Waals surface area contributed by atoms with Gasteiger partial charge in [-0.3, -0.25) is 0 Å². The van der Waals surface area contributed by atoms with E-state index >= 15 is 0 Å². The molecular formula is C7H13NO2. The number of hydrogen-bond acceptors (Lipinski definition) is 3. The third kappa shape index (κ3) is 0.944. The number of hydrogen-bond donors (Lipinski definition) is 3. The summed E-state index contributed by atoms with van der Waals surface area (Å²) < 4.78 is 0. The van der Waals surface area contributed by atoms with Crippen LogP contribution in [0, 0.1) is 0 Å². The predicted molar refractivity (Wildman–Crippen MR) is 36.6 cm³/mol. The number of aliphatic hydroxyl groups is 2. The van der Waals surface area contributed by atoms with Crippen molar-refractivity contribution in [3.05, 3.63) is 0 Å². The second-order valence-corrected chi connectivity index (χ2v) is 3.40. The molecule has 0 radical (unpaired) electrons. The lowest BCUT2D eigenvalue weighted by atomic mass is 10.0. The molecule has 0 amide bonds. The molecule has 4 atom stereocenters. The van der Waals surface area contributed by atoms with E-state index in [1.807, 2.05) is 0 Å². The summed E-state index contributed by atoms with van der Waals surface area (Å²) >= 11 is 0. The van der Waals surface area contributed by atoms with Crippen molar-refractivity contribution in [1.82, 2.24) is 5.32 Å². The summed E-state index contributed by atoms with van der Waals surface area (Å²) in [6.07, 6.45) is 1.95. The van der Waals surface area contributed by atoms with Crippen LogP contribution in [-0.4, -0.2) is 34.5 Å². The van der Waals surface area contributed by atoms with Gasteiger partial charge in [0, 0.05) is 12.1 Å². The fraction of sp³-hybridized carbons (Fsp3) is 1.00. The standard InChI is InChI=1S/C7H13NO2/c9-5-1-4-2-7(10)6(3-5)8-4/h4-10H,1-3H2/t4?,5-,6?,7+/m0/s1. The number of fused-ring (bicyclic) bond motifs is 2. The van der Waals surface area contributed by atoms with Gasteiger partial charge in [-0.05, 0) is 19.3 Å². The molecular weight excluding hydrogens is 130 g/mol. The zero-order valence-corrected chi connectivity index (χ0v) is 5.83. The van der Waals surface area contributed by atoms with Gasteiger partial charge in [0.15, 0.2) is 0 Å². The van der Waals surface area contributed by atoms with Crippen molar-refractivity contribution in [1.29, 1.82) is 0 Å². The Balaban J connectivity index is 2.06. The topological polar surface area (TPSA) is 52.5 Å². The summed E-state index contributed by atoms with van der Waals surface area (Å²) in [6, 6.07) is 0.525. The van der Waals surface area contributed by atoms with Crippen molar-refractivity contribution in [2.75, 3.05) is 0 Å². The molecule has 2 rings (SSSR count). The molecule has 0 aliphatic carbocycles. The monoisotopic (exact) mass is 143 g/mol. The quantitative estimate of drug-likeness (QED) is 0.417. The van der Waals surface area contributed by atoms with Crippen LogP contribution in [-0.2, 0) is 0 Å². The van der Waals surface area contributed by atoms with Gasteiger partial charge in [-0.1, -0.05) is 0 Å². The van der Waals surface area contributed by atoms with Crippen LogP contribution in [0.1, 0.15) is 19.3 Å². The van der Waals surface area contributed by atoms with E-state index in [0.717, 1.165) is 19.3 Å². The summed E-state index contributed by atoms with van der Waals surface area (Å²) in [5.41, 5.74) is 0. The van der Waals surface area contributed by atoms with Gasteiger partial charge in [-0.2, -0.15) is 0 Å². The first-order valence-corrected chi connectivity index (χ1v) is 3.88. The van der Waals surface area contributed by atoms with E-state index in [9.17, 15) is 10.2 Å². The van der Waals surface area contributed by atoms with E-state index in [2.05, 4.69) is 5.32 Å². The van der Waals surface area contributed by atoms with E-state index < -0.39 is 0 Å². The minimum atomic E-state index is -0.220. The highest BCUT2D eigenvalue weighted by Crippen LogP contribution is 2.26. The van der Waals surface area contributed by atoms with Gasteiger partial charge in [0.25, 0.3) is 0 Å². The smallest absolute Gasteiger partial charge is 0.0709 e. The molecule has 0 saturated carbocycles. The van der Waals surface area contributed by atoms with Gasteiger partial charge >= 0.3 is 0 Å². The summed E-state index contributed by atoms with van der Waals surface area (Å²) in [6.45, 7) is 0. The Bertz CT molecular complexity index is 135. The van der Waals surface area contributed by atoms with Crippen molar-refractivity contribution in [3.63, 3.8) is 0 Å². The largest absolute Gasteiger partial charge is 0.393 e. The molecule has 3 nitrogen and oxygen atoms in total. The molecule has 2 unspecified atom stereocenters. The van der Waals surface area contributed by atoms with Crippen LogP contribution in [0.25, 0.3) is 0 Å². The van der Waals surface area contributed by atoms with Gasteiger partial charge in [0.05, 0.1) is 12.2 Å². The maximum atomic E-state index is 9.34. The fourth-order valence-corrected chi connectivity index (χ4v) is 2.04. The Morgan fingerprint density at radius 1 is 1.10 bits per heavy atom. The Morgan fingerprint density at radius 3 is 2.60 bits per heavy atom. The Morgan fingerprint density at radius 2 is 1.90 bits per heavy atom. The Hall–Kier alpha value is -0.120. The normalized spacial score (nSPS) is 53.4. The lowest BCUT2D eigenvalue weighted by Gasteiger charge is -2.25. The van der Waals surface area contributed by atoms with Crippen molar-refractivity contribution in [2.24, 2.45) is 0 Å². The number of nitrogens with one attached hydrogen (secondary N) is 1. The van der Waals surface area contributed by atoms with Crippen LogP contribution in [0.15, 0.2) is 0 Å². The van der Waals surface area contributed by atoms with Gasteiger partial charge < -0.3 is 15.5 Å². The molecule has 2 aliphatic heterocycles. The average molecular weight is 143 g/mol. The number of aliphatic hydroxyl groups excluding tert-OH is 2. The fourth-order valence-electron chi connectivity index (χ4n) is 2.04. The zero-order chi connectivity index (χ0) is 7.14. The molecule has 0 spiro atoms. The maximum absolute atomic E-state index is 9.34. The van der Waals surface area contributed by atoms with Crippen molar-refractivity contribution in [2.45, 2.75) is 43.6 Å². The van der Waals surface area contributed by atoms with Gasteiger partial charge in [0.1, 0.15) is 0 Å². The first kappa shape index (κ1) is 6.58. The van der Waals surface area contributed by atoms with Gasteiger partial charge in [0.2, 0.25) is 0 Å². The van der Waals surface area contributed by atoms with E-state index in [1.54, 1.807) is 0 Å². The summed E-state index contributed by atoms with van der Waals surface area (Å²) in [5, 5.41) is 21.9. The summed E-state index contributed by atoms with van der Waals surface area (Å²) in [7, 11) is 0. The van der Waals surface area contributed by atoms with Crippen molar-refractivity contribution < 1.29 is 10.2 Å². The van der Waals surface area contributed by atoms with E-state index in [1.165, 1.54) is 0 Å². The highest BCUT2D eigenvalue weighted by molar-refractivity contribution is 4.97. The first-order valence-electron chi connectivity index (χ1n) is 3.88. The molecule has 2 bridgehead atoms. The first-order chi connectivity index (χ1) is 4.75. The maximum Gasteiger partial charge on any atom is 0.0709 e. The molecule has 2 aliphatic rings. The summed E-state index contributed by atoms with van der Waals surface area (Å²) in [4.78, 5) is 0. The summed E-state index contributed by atoms with van der Waals surface area (Å²) in [5.74, 6) is 0. The molecule has 3 heteroatoms. The average Bonchev–Trinajstić information content (AvgIpc) is 2.07. The Kier molecular flexibility index (Phi) is 1.44. The molecule has 10 heavy (non-hydrogen) atoms. The van der Waals surface area contributed by atoms with Crippen LogP contribution < -0.4 is 5.32 Å². The van der Waals surface area contributed by atoms with Crippen LogP contribution in [0.3, 0.4) is 0 Å². The van der Waals surface area contributed by atoms with E-state index in [-0.39, 0.29) is 18.2 Å². The Labute approximate surface area is 60.1 Å². The predicted octanol–water partition coefficient (Wildman–Crippen LogP) is -0.768. The van der Waals surface area contributed by atoms with Crippen LogP contribution in [0.5, 0.6) is 0 Å². The highest BCUT2D eigenvalue weighted by atomic mass is 16.3. The molecule has 58 valence electrons. The highest BCUT2D eigenvalue weighted by Gasteiger charge is 2.38. The number of piperidine rings is 1. The lowest BCUT2D eigenvalue weighted by Crippen LogP contribution is -2.42. The molecule has 0 aromatic carbocycles. The van der Waals surface area contributed by atoms with Crippen LogP contribution in [0.2, 0.25) is 0 Å². The molecule has 0 aromatic heterocycles. The minimum Gasteiger partial charge on any atom is -0.393 e. The SMILES string of the molecule is O[C@H]1CC2C[C@@H](O)C(C1)N2.